The zero-order chi connectivity index (χ0) is 23.0. The topological polar surface area (TPSA) is 108 Å². The van der Waals surface area contributed by atoms with Crippen LogP contribution in [0.15, 0.2) is 82.7 Å². The molecule has 0 aliphatic carbocycles. The number of methoxy groups -OCH3 is 2. The van der Waals surface area contributed by atoms with Crippen LogP contribution in [-0.2, 0) is 9.84 Å². The van der Waals surface area contributed by atoms with Crippen LogP contribution in [0, 0.1) is 0 Å². The molecule has 0 fully saturated rings. The number of nitrogens with one attached hydrogen (secondary N) is 1. The van der Waals surface area contributed by atoms with Crippen LogP contribution in [0.2, 0.25) is 0 Å². The second-order valence-electron chi connectivity index (χ2n) is 7.12. The molecule has 5 rings (SSSR count). The molecule has 0 aliphatic heterocycles. The van der Waals surface area contributed by atoms with E-state index in [0.717, 1.165) is 5.39 Å². The third-order valence-electron chi connectivity index (χ3n) is 5.18. The van der Waals surface area contributed by atoms with Crippen molar-refractivity contribution in [3.63, 3.8) is 0 Å². The molecule has 5 aromatic rings. The summed E-state index contributed by atoms with van der Waals surface area (Å²) in [5.74, 6) is 1.59. The normalized spacial score (nSPS) is 11.6. The van der Waals surface area contributed by atoms with Crippen molar-refractivity contribution in [2.75, 3.05) is 19.5 Å². The van der Waals surface area contributed by atoms with Crippen molar-refractivity contribution >= 4 is 37.9 Å². The van der Waals surface area contributed by atoms with E-state index in [1.165, 1.54) is 16.6 Å². The number of nitrogens with zero attached hydrogens (tertiary/aromatic N) is 4. The summed E-state index contributed by atoms with van der Waals surface area (Å²) < 4.78 is 38.6. The summed E-state index contributed by atoms with van der Waals surface area (Å²) in [5, 5.41) is 11.9. The van der Waals surface area contributed by atoms with Gasteiger partial charge in [0.05, 0.1) is 24.6 Å². The number of hydrogen-bond acceptors (Lipinski definition) is 8. The van der Waals surface area contributed by atoms with Crippen LogP contribution in [0.3, 0.4) is 0 Å². The molecule has 0 aliphatic rings. The van der Waals surface area contributed by atoms with E-state index in [-0.39, 0.29) is 15.6 Å². The lowest BCUT2D eigenvalue weighted by molar-refractivity contribution is 0.355. The molecule has 0 spiro atoms. The van der Waals surface area contributed by atoms with Crippen LogP contribution in [0.25, 0.3) is 16.6 Å². The van der Waals surface area contributed by atoms with Crippen LogP contribution in [0.4, 0.5) is 11.5 Å². The Balaban J connectivity index is 1.70. The number of benzene rings is 3. The Morgan fingerprint density at radius 1 is 0.879 bits per heavy atom. The van der Waals surface area contributed by atoms with Crippen molar-refractivity contribution in [1.29, 1.82) is 0 Å². The zero-order valence-corrected chi connectivity index (χ0v) is 18.6. The van der Waals surface area contributed by atoms with Crippen LogP contribution in [-0.4, -0.2) is 42.4 Å². The van der Waals surface area contributed by atoms with Gasteiger partial charge in [-0.3, -0.25) is 0 Å². The van der Waals surface area contributed by atoms with Crippen LogP contribution in [0.5, 0.6) is 11.5 Å². The van der Waals surface area contributed by atoms with Gasteiger partial charge in [0.15, 0.2) is 17.1 Å². The SMILES string of the molecule is COc1ccc(Nc2nc3c(S(=O)(=O)c4ccccc4)nnn3c3ccccc23)cc1OC. The highest BCUT2D eigenvalue weighted by Gasteiger charge is 2.27. The first-order chi connectivity index (χ1) is 16.0. The zero-order valence-electron chi connectivity index (χ0n) is 17.8. The molecule has 0 radical (unpaired) electrons. The van der Waals surface area contributed by atoms with E-state index < -0.39 is 9.84 Å². The number of hydrogen-bond donors (Lipinski definition) is 1. The minimum atomic E-state index is -3.92. The average Bonchev–Trinajstić information content (AvgIpc) is 3.29. The highest BCUT2D eigenvalue weighted by Crippen LogP contribution is 2.33. The molecule has 166 valence electrons. The van der Waals surface area contributed by atoms with Gasteiger partial charge in [-0.2, -0.15) is 4.52 Å². The Labute approximate surface area is 189 Å². The lowest BCUT2D eigenvalue weighted by Gasteiger charge is -2.13. The van der Waals surface area contributed by atoms with E-state index in [2.05, 4.69) is 20.6 Å². The quantitative estimate of drug-likeness (QED) is 0.406. The highest BCUT2D eigenvalue weighted by molar-refractivity contribution is 7.91. The number of para-hydroxylation sites is 1. The van der Waals surface area contributed by atoms with Gasteiger partial charge in [-0.25, -0.2) is 13.4 Å². The predicted octanol–water partition coefficient (Wildman–Crippen LogP) is 3.87. The first kappa shape index (κ1) is 20.7. The van der Waals surface area contributed by atoms with Gasteiger partial charge in [-0.1, -0.05) is 35.5 Å². The van der Waals surface area contributed by atoms with Gasteiger partial charge in [0.2, 0.25) is 14.9 Å². The lowest BCUT2D eigenvalue weighted by Crippen LogP contribution is -2.05. The molecule has 0 bridgehead atoms. The fraction of sp³-hybridized carbons (Fsp3) is 0.0870. The summed E-state index contributed by atoms with van der Waals surface area (Å²) in [4.78, 5) is 4.75. The second kappa shape index (κ2) is 8.06. The van der Waals surface area contributed by atoms with Crippen molar-refractivity contribution in [2.24, 2.45) is 0 Å². The molecule has 0 unspecified atom stereocenters. The number of ether oxygens (including phenoxy) is 2. The van der Waals surface area contributed by atoms with Gasteiger partial charge in [0.1, 0.15) is 5.82 Å². The average molecular weight is 462 g/mol. The Morgan fingerprint density at radius 3 is 2.36 bits per heavy atom. The van der Waals surface area contributed by atoms with Gasteiger partial charge >= 0.3 is 0 Å². The molecule has 1 N–H and O–H groups in total. The van der Waals surface area contributed by atoms with Crippen LogP contribution >= 0.6 is 0 Å². The molecule has 9 nitrogen and oxygen atoms in total. The molecular weight excluding hydrogens is 442 g/mol. The maximum absolute atomic E-state index is 13.3. The van der Waals surface area contributed by atoms with Crippen molar-refractivity contribution in [1.82, 2.24) is 19.8 Å². The minimum Gasteiger partial charge on any atom is -0.493 e. The molecule has 0 amide bonds. The van der Waals surface area contributed by atoms with Gasteiger partial charge < -0.3 is 14.8 Å². The monoisotopic (exact) mass is 461 g/mol. The Bertz CT molecular complexity index is 1580. The summed E-state index contributed by atoms with van der Waals surface area (Å²) >= 11 is 0. The highest BCUT2D eigenvalue weighted by atomic mass is 32.2. The molecule has 0 saturated carbocycles. The summed E-state index contributed by atoms with van der Waals surface area (Å²) in [6.07, 6.45) is 0. The van der Waals surface area contributed by atoms with E-state index in [1.807, 2.05) is 30.3 Å². The number of fused-ring (bicyclic) bond motifs is 3. The maximum atomic E-state index is 13.3. The number of sulfone groups is 1. The minimum absolute atomic E-state index is 0.122. The van der Waals surface area contributed by atoms with Gasteiger partial charge in [-0.05, 0) is 36.4 Å². The van der Waals surface area contributed by atoms with Crippen LogP contribution < -0.4 is 14.8 Å². The fourth-order valence-electron chi connectivity index (χ4n) is 3.58. The number of aromatic nitrogens is 4. The molecule has 0 saturated heterocycles. The first-order valence-electron chi connectivity index (χ1n) is 9.96. The van der Waals surface area contributed by atoms with Crippen molar-refractivity contribution in [3.8, 4) is 11.5 Å². The maximum Gasteiger partial charge on any atom is 0.229 e. The third-order valence-corrected chi connectivity index (χ3v) is 6.84. The number of rotatable bonds is 6. The third kappa shape index (κ3) is 3.50. The summed E-state index contributed by atoms with van der Waals surface area (Å²) in [6.45, 7) is 0. The summed E-state index contributed by atoms with van der Waals surface area (Å²) in [5.41, 5.74) is 1.47. The number of anilines is 2. The van der Waals surface area contributed by atoms with Gasteiger partial charge in [0.25, 0.3) is 0 Å². The molecule has 2 heterocycles. The molecule has 33 heavy (non-hydrogen) atoms. The van der Waals surface area contributed by atoms with Gasteiger partial charge in [-0.15, -0.1) is 5.10 Å². The molecule has 2 aromatic heterocycles. The predicted molar refractivity (Wildman–Crippen MR) is 123 cm³/mol. The summed E-state index contributed by atoms with van der Waals surface area (Å²) in [6, 6.07) is 20.9. The van der Waals surface area contributed by atoms with Crippen molar-refractivity contribution in [2.45, 2.75) is 9.92 Å². The van der Waals surface area contributed by atoms with E-state index in [9.17, 15) is 8.42 Å². The van der Waals surface area contributed by atoms with E-state index in [4.69, 9.17) is 9.47 Å². The lowest BCUT2D eigenvalue weighted by atomic mass is 10.2. The molecule has 3 aromatic carbocycles. The van der Waals surface area contributed by atoms with E-state index >= 15 is 0 Å². The van der Waals surface area contributed by atoms with Crippen molar-refractivity contribution < 1.29 is 17.9 Å². The van der Waals surface area contributed by atoms with Crippen molar-refractivity contribution in [3.05, 3.63) is 72.8 Å². The Hall–Kier alpha value is -4.18. The van der Waals surface area contributed by atoms with E-state index in [0.29, 0.717) is 28.5 Å². The molecule has 10 heteroatoms. The van der Waals surface area contributed by atoms with Gasteiger partial charge in [0, 0.05) is 17.1 Å². The fourth-order valence-corrected chi connectivity index (χ4v) is 4.83. The Kier molecular flexibility index (Phi) is 5.06. The summed E-state index contributed by atoms with van der Waals surface area (Å²) in [7, 11) is -0.801. The van der Waals surface area contributed by atoms with E-state index in [1.54, 1.807) is 44.6 Å². The largest absolute Gasteiger partial charge is 0.493 e. The van der Waals surface area contributed by atoms with Crippen LogP contribution in [0.1, 0.15) is 0 Å². The first-order valence-corrected chi connectivity index (χ1v) is 11.4. The molecular formula is C23H19N5O4S. The Morgan fingerprint density at radius 2 is 1.61 bits per heavy atom. The second-order valence-corrected chi connectivity index (χ2v) is 8.98. The standard InChI is InChI=1S/C23H19N5O4S/c1-31-19-13-12-15(14-20(19)32-2)24-21-17-10-6-7-11-18(17)28-22(25-21)23(26-27-28)33(29,30)16-8-4-3-5-9-16/h3-14H,1-2H3,(H,24,25). The smallest absolute Gasteiger partial charge is 0.229 e. The molecule has 0 atom stereocenters.